The van der Waals surface area contributed by atoms with E-state index in [1.54, 1.807) is 0 Å². The number of nitrogens with zero attached hydrogens (tertiary/aromatic N) is 1. The van der Waals surface area contributed by atoms with Gasteiger partial charge in [0, 0.05) is 12.6 Å². The Kier molecular flexibility index (Phi) is 6.23. The van der Waals surface area contributed by atoms with E-state index in [0.29, 0.717) is 6.04 Å². The zero-order valence-electron chi connectivity index (χ0n) is 11.7. The van der Waals surface area contributed by atoms with E-state index < -0.39 is 0 Å². The highest BCUT2D eigenvalue weighted by molar-refractivity contribution is 5.21. The third-order valence-electron chi connectivity index (χ3n) is 2.80. The highest BCUT2D eigenvalue weighted by Crippen LogP contribution is 2.06. The number of benzene rings is 1. The Hall–Kier alpha value is -0.860. The minimum atomic E-state index is 0.595. The number of aryl methyl sites for hydroxylation is 1. The van der Waals surface area contributed by atoms with Crippen molar-refractivity contribution in [1.29, 1.82) is 0 Å². The summed E-state index contributed by atoms with van der Waals surface area (Å²) in [6.07, 6.45) is 1.21. The molecule has 0 amide bonds. The first-order valence-corrected chi connectivity index (χ1v) is 6.55. The van der Waals surface area contributed by atoms with E-state index >= 15 is 0 Å². The van der Waals surface area contributed by atoms with E-state index in [1.165, 1.54) is 17.5 Å². The second-order valence-electron chi connectivity index (χ2n) is 5.19. The number of hydrogen-bond acceptors (Lipinski definition) is 2. The molecule has 0 fully saturated rings. The maximum Gasteiger partial charge on any atom is 0.0230 e. The Balaban J connectivity index is 2.23. The summed E-state index contributed by atoms with van der Waals surface area (Å²) in [5, 5.41) is 3.45. The van der Waals surface area contributed by atoms with Crippen LogP contribution in [0.15, 0.2) is 24.3 Å². The van der Waals surface area contributed by atoms with Gasteiger partial charge in [-0.05, 0) is 39.0 Å². The van der Waals surface area contributed by atoms with Gasteiger partial charge < -0.3 is 10.2 Å². The molecule has 0 aliphatic heterocycles. The van der Waals surface area contributed by atoms with Crippen LogP contribution < -0.4 is 5.32 Å². The summed E-state index contributed by atoms with van der Waals surface area (Å²) in [5.74, 6) is 0. The lowest BCUT2D eigenvalue weighted by Gasteiger charge is -2.17. The summed E-state index contributed by atoms with van der Waals surface area (Å²) < 4.78 is 0. The molecule has 0 aliphatic carbocycles. The average molecular weight is 234 g/mol. The Labute approximate surface area is 106 Å². The van der Waals surface area contributed by atoms with E-state index in [2.05, 4.69) is 62.3 Å². The normalized spacial score (nSPS) is 11.4. The van der Waals surface area contributed by atoms with E-state index in [1.807, 2.05) is 0 Å². The highest BCUT2D eigenvalue weighted by Gasteiger charge is 2.00. The maximum atomic E-state index is 3.45. The Bertz CT molecular complexity index is 320. The lowest BCUT2D eigenvalue weighted by atomic mass is 10.1. The largest absolute Gasteiger partial charge is 0.314 e. The first-order chi connectivity index (χ1) is 8.08. The lowest BCUT2D eigenvalue weighted by molar-refractivity contribution is 0.318. The van der Waals surface area contributed by atoms with E-state index in [-0.39, 0.29) is 0 Å². The third-order valence-corrected chi connectivity index (χ3v) is 2.80. The zero-order valence-corrected chi connectivity index (χ0v) is 11.7. The van der Waals surface area contributed by atoms with Crippen LogP contribution in [0.4, 0.5) is 0 Å². The first-order valence-electron chi connectivity index (χ1n) is 6.55. The molecular formula is C15H26N2. The molecule has 0 spiro atoms. The van der Waals surface area contributed by atoms with Crippen LogP contribution in [0.1, 0.15) is 31.4 Å². The lowest BCUT2D eigenvalue weighted by Crippen LogP contribution is -2.27. The molecule has 0 aromatic heterocycles. The Morgan fingerprint density at radius 1 is 1.29 bits per heavy atom. The van der Waals surface area contributed by atoms with Crippen molar-refractivity contribution in [1.82, 2.24) is 10.2 Å². The second-order valence-corrected chi connectivity index (χ2v) is 5.19. The van der Waals surface area contributed by atoms with Crippen LogP contribution in [-0.4, -0.2) is 31.1 Å². The molecular weight excluding hydrogens is 208 g/mol. The second kappa shape index (κ2) is 7.46. The van der Waals surface area contributed by atoms with Crippen molar-refractivity contribution >= 4 is 0 Å². The van der Waals surface area contributed by atoms with E-state index in [0.717, 1.165) is 19.6 Å². The Morgan fingerprint density at radius 3 is 2.71 bits per heavy atom. The maximum absolute atomic E-state index is 3.45. The minimum Gasteiger partial charge on any atom is -0.314 e. The van der Waals surface area contributed by atoms with Crippen molar-refractivity contribution < 1.29 is 0 Å². The van der Waals surface area contributed by atoms with Crippen LogP contribution in [0.25, 0.3) is 0 Å². The average Bonchev–Trinajstić information content (AvgIpc) is 2.24. The Morgan fingerprint density at radius 2 is 2.06 bits per heavy atom. The molecule has 96 valence electrons. The molecule has 2 heteroatoms. The fourth-order valence-electron chi connectivity index (χ4n) is 1.94. The van der Waals surface area contributed by atoms with Crippen molar-refractivity contribution in [2.75, 3.05) is 20.1 Å². The molecule has 0 bridgehead atoms. The van der Waals surface area contributed by atoms with Crippen molar-refractivity contribution in [3.05, 3.63) is 35.4 Å². The van der Waals surface area contributed by atoms with Gasteiger partial charge in [-0.15, -0.1) is 0 Å². The molecule has 0 radical (unpaired) electrons. The molecule has 0 saturated carbocycles. The summed E-state index contributed by atoms with van der Waals surface area (Å²) in [6.45, 7) is 9.83. The fraction of sp³-hybridized carbons (Fsp3) is 0.600. The van der Waals surface area contributed by atoms with Crippen LogP contribution in [0, 0.1) is 6.92 Å². The molecule has 1 N–H and O–H groups in total. The van der Waals surface area contributed by atoms with Gasteiger partial charge in [0.1, 0.15) is 0 Å². The highest BCUT2D eigenvalue weighted by atomic mass is 15.1. The molecule has 1 aromatic rings. The summed E-state index contributed by atoms with van der Waals surface area (Å²) in [7, 11) is 2.19. The van der Waals surface area contributed by atoms with Gasteiger partial charge in [-0.3, -0.25) is 0 Å². The summed E-state index contributed by atoms with van der Waals surface area (Å²) >= 11 is 0. The van der Waals surface area contributed by atoms with Gasteiger partial charge in [-0.1, -0.05) is 43.7 Å². The minimum absolute atomic E-state index is 0.595. The van der Waals surface area contributed by atoms with Crippen LogP contribution in [0.2, 0.25) is 0 Å². The monoisotopic (exact) mass is 234 g/mol. The van der Waals surface area contributed by atoms with Crippen LogP contribution in [0.5, 0.6) is 0 Å². The van der Waals surface area contributed by atoms with Crippen LogP contribution in [-0.2, 0) is 6.54 Å². The molecule has 1 aromatic carbocycles. The van der Waals surface area contributed by atoms with Gasteiger partial charge in [-0.25, -0.2) is 0 Å². The molecule has 0 saturated heterocycles. The molecule has 0 unspecified atom stereocenters. The molecule has 0 aliphatic rings. The van der Waals surface area contributed by atoms with Gasteiger partial charge >= 0.3 is 0 Å². The molecule has 2 nitrogen and oxygen atoms in total. The summed E-state index contributed by atoms with van der Waals surface area (Å²) in [4.78, 5) is 2.39. The third kappa shape index (κ3) is 6.44. The molecule has 1 rings (SSSR count). The quantitative estimate of drug-likeness (QED) is 0.730. The summed E-state index contributed by atoms with van der Waals surface area (Å²) in [6, 6.07) is 9.35. The first kappa shape index (κ1) is 14.2. The predicted molar refractivity (Wildman–Crippen MR) is 75.3 cm³/mol. The molecule has 0 heterocycles. The van der Waals surface area contributed by atoms with Crippen molar-refractivity contribution in [2.45, 2.75) is 39.8 Å². The van der Waals surface area contributed by atoms with Gasteiger partial charge in [0.15, 0.2) is 0 Å². The van der Waals surface area contributed by atoms with Crippen molar-refractivity contribution in [3.63, 3.8) is 0 Å². The van der Waals surface area contributed by atoms with E-state index in [4.69, 9.17) is 0 Å². The zero-order chi connectivity index (χ0) is 12.7. The van der Waals surface area contributed by atoms with Crippen molar-refractivity contribution in [3.8, 4) is 0 Å². The van der Waals surface area contributed by atoms with Gasteiger partial charge in [0.2, 0.25) is 0 Å². The summed E-state index contributed by atoms with van der Waals surface area (Å²) in [5.41, 5.74) is 2.75. The SMILES string of the molecule is Cc1cccc(CN(C)CCCNC(C)C)c1. The predicted octanol–water partition coefficient (Wildman–Crippen LogP) is 2.81. The van der Waals surface area contributed by atoms with Gasteiger partial charge in [-0.2, -0.15) is 0 Å². The fourth-order valence-corrected chi connectivity index (χ4v) is 1.94. The van der Waals surface area contributed by atoms with Gasteiger partial charge in [0.25, 0.3) is 0 Å². The molecule has 0 atom stereocenters. The van der Waals surface area contributed by atoms with Gasteiger partial charge in [0.05, 0.1) is 0 Å². The molecule has 17 heavy (non-hydrogen) atoms. The number of rotatable bonds is 7. The standard InChI is InChI=1S/C15H26N2/c1-13(2)16-9-6-10-17(4)12-15-8-5-7-14(3)11-15/h5,7-8,11,13,16H,6,9-10,12H2,1-4H3. The van der Waals surface area contributed by atoms with Crippen LogP contribution >= 0.6 is 0 Å². The number of hydrogen-bond donors (Lipinski definition) is 1. The smallest absolute Gasteiger partial charge is 0.0230 e. The van der Waals surface area contributed by atoms with Crippen molar-refractivity contribution in [2.24, 2.45) is 0 Å². The van der Waals surface area contributed by atoms with E-state index in [9.17, 15) is 0 Å². The topological polar surface area (TPSA) is 15.3 Å². The van der Waals surface area contributed by atoms with Crippen LogP contribution in [0.3, 0.4) is 0 Å². The number of nitrogens with one attached hydrogen (secondary N) is 1.